The molecule has 1 fully saturated rings. The third-order valence-corrected chi connectivity index (χ3v) is 4.42. The van der Waals surface area contributed by atoms with E-state index in [0.717, 1.165) is 23.2 Å². The van der Waals surface area contributed by atoms with Crippen LogP contribution in [0.1, 0.15) is 39.2 Å². The quantitative estimate of drug-likeness (QED) is 0.824. The fourth-order valence-electron chi connectivity index (χ4n) is 2.98. The first-order chi connectivity index (χ1) is 8.84. The van der Waals surface area contributed by atoms with Crippen molar-refractivity contribution in [1.29, 1.82) is 0 Å². The van der Waals surface area contributed by atoms with Gasteiger partial charge in [-0.2, -0.15) is 0 Å². The van der Waals surface area contributed by atoms with E-state index >= 15 is 0 Å². The van der Waals surface area contributed by atoms with E-state index in [9.17, 15) is 0 Å². The minimum absolute atomic E-state index is 0.437. The number of benzene rings is 1. The Bertz CT molecular complexity index is 409. The van der Waals surface area contributed by atoms with Crippen molar-refractivity contribution in [3.8, 4) is 0 Å². The van der Waals surface area contributed by atoms with Crippen LogP contribution in [-0.2, 0) is 6.54 Å². The molecule has 0 aromatic heterocycles. The van der Waals surface area contributed by atoms with Crippen molar-refractivity contribution < 1.29 is 0 Å². The van der Waals surface area contributed by atoms with Crippen LogP contribution in [-0.4, -0.2) is 18.0 Å². The first-order valence-electron chi connectivity index (χ1n) is 7.12. The second-order valence-corrected chi connectivity index (χ2v) is 7.25. The third-order valence-electron chi connectivity index (χ3n) is 4.20. The predicted octanol–water partition coefficient (Wildman–Crippen LogP) is 4.18. The van der Waals surface area contributed by atoms with Crippen LogP contribution in [0.25, 0.3) is 0 Å². The topological polar surface area (TPSA) is 29.3 Å². The van der Waals surface area contributed by atoms with Crippen LogP contribution in [0.3, 0.4) is 0 Å². The Morgan fingerprint density at radius 3 is 2.37 bits per heavy atom. The van der Waals surface area contributed by atoms with Crippen molar-refractivity contribution in [2.24, 2.45) is 11.3 Å². The zero-order valence-corrected chi connectivity index (χ0v) is 13.0. The van der Waals surface area contributed by atoms with Crippen molar-refractivity contribution >= 4 is 17.3 Å². The summed E-state index contributed by atoms with van der Waals surface area (Å²) in [4.78, 5) is 2.51. The number of nitrogen functional groups attached to an aromatic ring is 1. The molecule has 0 spiro atoms. The molecule has 2 nitrogen and oxygen atoms in total. The van der Waals surface area contributed by atoms with Crippen LogP contribution in [0.4, 0.5) is 5.69 Å². The molecule has 3 heteroatoms. The Kier molecular flexibility index (Phi) is 4.42. The first kappa shape index (κ1) is 14.7. The minimum atomic E-state index is 0.437. The summed E-state index contributed by atoms with van der Waals surface area (Å²) in [6.07, 6.45) is 2.58. The fourth-order valence-corrected chi connectivity index (χ4v) is 3.25. The summed E-state index contributed by atoms with van der Waals surface area (Å²) in [6.45, 7) is 10.4. The second-order valence-electron chi connectivity index (χ2n) is 6.81. The maximum Gasteiger partial charge on any atom is 0.0429 e. The Morgan fingerprint density at radius 1 is 1.21 bits per heavy atom. The Balaban J connectivity index is 1.92. The van der Waals surface area contributed by atoms with E-state index in [1.165, 1.54) is 31.5 Å². The molecule has 1 aliphatic rings. The molecule has 0 atom stereocenters. The van der Waals surface area contributed by atoms with E-state index in [2.05, 4.69) is 25.7 Å². The minimum Gasteiger partial charge on any atom is -0.399 e. The maximum absolute atomic E-state index is 6.05. The van der Waals surface area contributed by atoms with E-state index in [1.807, 2.05) is 12.1 Å². The van der Waals surface area contributed by atoms with Crippen LogP contribution in [0.5, 0.6) is 0 Å². The van der Waals surface area contributed by atoms with Crippen LogP contribution in [0.2, 0.25) is 5.02 Å². The number of halogens is 1. The second kappa shape index (κ2) is 5.72. The number of nitrogens with two attached hydrogens (primary N) is 1. The maximum atomic E-state index is 6.05. The lowest BCUT2D eigenvalue weighted by atomic mass is 9.75. The van der Waals surface area contributed by atoms with Crippen molar-refractivity contribution in [3.63, 3.8) is 0 Å². The highest BCUT2D eigenvalue weighted by molar-refractivity contribution is 6.30. The largest absolute Gasteiger partial charge is 0.399 e. The van der Waals surface area contributed by atoms with E-state index in [4.69, 9.17) is 17.3 Å². The molecule has 0 aliphatic carbocycles. The van der Waals surface area contributed by atoms with Gasteiger partial charge in [-0.1, -0.05) is 32.4 Å². The average molecular weight is 281 g/mol. The van der Waals surface area contributed by atoms with Gasteiger partial charge >= 0.3 is 0 Å². The monoisotopic (exact) mass is 280 g/mol. The molecule has 1 aliphatic heterocycles. The molecule has 0 unspecified atom stereocenters. The SMILES string of the molecule is CC(C)(C)C1CCN(Cc2cc(N)cc(Cl)c2)CC1. The molecule has 1 heterocycles. The molecule has 2 N–H and O–H groups in total. The zero-order chi connectivity index (χ0) is 14.0. The number of likely N-dealkylation sites (tertiary alicyclic amines) is 1. The summed E-state index contributed by atoms with van der Waals surface area (Å²) in [5.74, 6) is 0.841. The number of anilines is 1. The molecular formula is C16H25ClN2. The van der Waals surface area contributed by atoms with Crippen LogP contribution in [0.15, 0.2) is 18.2 Å². The van der Waals surface area contributed by atoms with Gasteiger partial charge < -0.3 is 5.73 Å². The molecule has 106 valence electrons. The molecule has 1 aromatic rings. The molecule has 0 bridgehead atoms. The molecule has 0 saturated carbocycles. The van der Waals surface area contributed by atoms with E-state index in [-0.39, 0.29) is 0 Å². The summed E-state index contributed by atoms with van der Waals surface area (Å²) in [7, 11) is 0. The number of piperidine rings is 1. The van der Waals surface area contributed by atoms with Crippen LogP contribution in [0, 0.1) is 11.3 Å². The highest BCUT2D eigenvalue weighted by atomic mass is 35.5. The van der Waals surface area contributed by atoms with Crippen molar-refractivity contribution in [1.82, 2.24) is 4.90 Å². The molecule has 2 rings (SSSR count). The average Bonchev–Trinajstić information content (AvgIpc) is 2.26. The van der Waals surface area contributed by atoms with Gasteiger partial charge in [-0.25, -0.2) is 0 Å². The Labute approximate surface area is 121 Å². The smallest absolute Gasteiger partial charge is 0.0429 e. The van der Waals surface area contributed by atoms with Crippen LogP contribution < -0.4 is 5.73 Å². The van der Waals surface area contributed by atoms with Crippen LogP contribution >= 0.6 is 11.6 Å². The zero-order valence-electron chi connectivity index (χ0n) is 12.2. The highest BCUT2D eigenvalue weighted by Crippen LogP contribution is 2.34. The van der Waals surface area contributed by atoms with Gasteiger partial charge in [0.05, 0.1) is 0 Å². The van der Waals surface area contributed by atoms with E-state index < -0.39 is 0 Å². The number of nitrogens with zero attached hydrogens (tertiary/aromatic N) is 1. The number of hydrogen-bond acceptors (Lipinski definition) is 2. The fraction of sp³-hybridized carbons (Fsp3) is 0.625. The van der Waals surface area contributed by atoms with Gasteiger partial charge in [0, 0.05) is 17.3 Å². The van der Waals surface area contributed by atoms with E-state index in [0.29, 0.717) is 5.41 Å². The summed E-state index contributed by atoms with van der Waals surface area (Å²) < 4.78 is 0. The lowest BCUT2D eigenvalue weighted by Crippen LogP contribution is -2.37. The summed E-state index contributed by atoms with van der Waals surface area (Å²) in [5, 5.41) is 0.736. The molecule has 1 saturated heterocycles. The molecular weight excluding hydrogens is 256 g/mol. The van der Waals surface area contributed by atoms with Crippen molar-refractivity contribution in [3.05, 3.63) is 28.8 Å². The lowest BCUT2D eigenvalue weighted by molar-refractivity contribution is 0.108. The highest BCUT2D eigenvalue weighted by Gasteiger charge is 2.28. The molecule has 0 amide bonds. The van der Waals surface area contributed by atoms with Gasteiger partial charge in [0.1, 0.15) is 0 Å². The Morgan fingerprint density at radius 2 is 1.84 bits per heavy atom. The van der Waals surface area contributed by atoms with Gasteiger partial charge in [0.25, 0.3) is 0 Å². The summed E-state index contributed by atoms with van der Waals surface area (Å²) in [6, 6.07) is 5.85. The number of rotatable bonds is 2. The Hall–Kier alpha value is -0.730. The van der Waals surface area contributed by atoms with Gasteiger partial charge in [0.2, 0.25) is 0 Å². The lowest BCUT2D eigenvalue weighted by Gasteiger charge is -2.38. The van der Waals surface area contributed by atoms with Gasteiger partial charge in [-0.3, -0.25) is 4.90 Å². The normalized spacial score (nSPS) is 18.7. The van der Waals surface area contributed by atoms with Gasteiger partial charge in [-0.15, -0.1) is 0 Å². The molecule has 19 heavy (non-hydrogen) atoms. The summed E-state index contributed by atoms with van der Waals surface area (Å²) in [5.41, 5.74) is 8.26. The molecule has 0 radical (unpaired) electrons. The standard InChI is InChI=1S/C16H25ClN2/c1-16(2,3)13-4-6-19(7-5-13)11-12-8-14(17)10-15(18)9-12/h8-10,13H,4-7,11,18H2,1-3H3. The van der Waals surface area contributed by atoms with Crippen molar-refractivity contribution in [2.75, 3.05) is 18.8 Å². The van der Waals surface area contributed by atoms with Gasteiger partial charge in [-0.05, 0) is 61.0 Å². The van der Waals surface area contributed by atoms with E-state index in [1.54, 1.807) is 6.07 Å². The van der Waals surface area contributed by atoms with Crippen molar-refractivity contribution in [2.45, 2.75) is 40.2 Å². The third kappa shape index (κ3) is 4.12. The summed E-state index contributed by atoms with van der Waals surface area (Å²) >= 11 is 6.05. The predicted molar refractivity (Wildman–Crippen MR) is 83.3 cm³/mol. The number of hydrogen-bond donors (Lipinski definition) is 1. The molecule has 1 aromatic carbocycles. The van der Waals surface area contributed by atoms with Gasteiger partial charge in [0.15, 0.2) is 0 Å². The first-order valence-corrected chi connectivity index (χ1v) is 7.50.